The number of aliphatic hydroxyl groups excluding tert-OH is 1. The molecule has 2 rings (SSSR count). The van der Waals surface area contributed by atoms with Crippen LogP contribution in [-0.4, -0.2) is 23.7 Å². The van der Waals surface area contributed by atoms with Gasteiger partial charge in [0.15, 0.2) is 0 Å². The molecule has 0 aliphatic carbocycles. The highest BCUT2D eigenvalue weighted by Gasteiger charge is 2.17. The molecule has 0 bridgehead atoms. The molecule has 0 radical (unpaired) electrons. The number of anilines is 1. The van der Waals surface area contributed by atoms with Crippen molar-refractivity contribution in [1.29, 1.82) is 0 Å². The topological polar surface area (TPSA) is 75.3 Å². The molecule has 0 aliphatic rings. The van der Waals surface area contributed by atoms with Gasteiger partial charge in [0.2, 0.25) is 0 Å². The number of amides is 1. The van der Waals surface area contributed by atoms with Crippen LogP contribution in [0.4, 0.5) is 5.69 Å². The van der Waals surface area contributed by atoms with Gasteiger partial charge in [-0.3, -0.25) is 4.79 Å². The van der Waals surface area contributed by atoms with Crippen molar-refractivity contribution < 1.29 is 9.90 Å². The molecule has 1 heterocycles. The van der Waals surface area contributed by atoms with Crippen molar-refractivity contribution in [3.05, 3.63) is 29.1 Å². The first kappa shape index (κ1) is 12.9. The molecule has 96 valence electrons. The summed E-state index contributed by atoms with van der Waals surface area (Å²) in [6.45, 7) is 1.92. The van der Waals surface area contributed by atoms with Gasteiger partial charge >= 0.3 is 0 Å². The maximum absolute atomic E-state index is 12.1. The average Bonchev–Trinajstić information content (AvgIpc) is 2.68. The zero-order valence-electron chi connectivity index (χ0n) is 10.1. The van der Waals surface area contributed by atoms with Gasteiger partial charge in [-0.1, -0.05) is 18.2 Å². The Bertz CT molecular complexity index is 565. The van der Waals surface area contributed by atoms with Crippen molar-refractivity contribution in [3.63, 3.8) is 0 Å². The number of nitrogen functional groups attached to an aromatic ring is 1. The summed E-state index contributed by atoms with van der Waals surface area (Å²) in [6.07, 6.45) is 0.538. The van der Waals surface area contributed by atoms with Gasteiger partial charge in [0, 0.05) is 22.7 Å². The Balaban J connectivity index is 2.25. The molecule has 1 unspecified atom stereocenters. The second kappa shape index (κ2) is 5.37. The number of hydrogen-bond donors (Lipinski definition) is 3. The van der Waals surface area contributed by atoms with Crippen LogP contribution in [0.3, 0.4) is 0 Å². The van der Waals surface area contributed by atoms with Crippen molar-refractivity contribution in [2.24, 2.45) is 0 Å². The molecule has 1 atom stereocenters. The Morgan fingerprint density at radius 1 is 1.50 bits per heavy atom. The smallest absolute Gasteiger partial charge is 0.263 e. The van der Waals surface area contributed by atoms with Crippen LogP contribution < -0.4 is 11.1 Å². The molecule has 0 saturated heterocycles. The normalized spacial score (nSPS) is 12.6. The number of carbonyl (C=O) groups excluding carboxylic acids is 1. The summed E-state index contributed by atoms with van der Waals surface area (Å²) in [6, 6.07) is 7.63. The van der Waals surface area contributed by atoms with Gasteiger partial charge in [-0.25, -0.2) is 0 Å². The molecular weight excluding hydrogens is 248 g/mol. The van der Waals surface area contributed by atoms with Crippen LogP contribution in [-0.2, 0) is 0 Å². The number of aliphatic hydroxyl groups is 1. The van der Waals surface area contributed by atoms with Gasteiger partial charge in [-0.15, -0.1) is 11.3 Å². The van der Waals surface area contributed by atoms with Crippen molar-refractivity contribution in [2.45, 2.75) is 19.4 Å². The van der Waals surface area contributed by atoms with E-state index in [9.17, 15) is 4.79 Å². The Kier molecular flexibility index (Phi) is 3.84. The lowest BCUT2D eigenvalue weighted by atomic mass is 10.2. The minimum Gasteiger partial charge on any atom is -0.397 e. The Labute approximate surface area is 109 Å². The van der Waals surface area contributed by atoms with Crippen LogP contribution in [0.5, 0.6) is 0 Å². The fourth-order valence-corrected chi connectivity index (χ4v) is 2.82. The fraction of sp³-hybridized carbons (Fsp3) is 0.308. The second-order valence-corrected chi connectivity index (χ2v) is 5.28. The maximum atomic E-state index is 12.1. The van der Waals surface area contributed by atoms with Gasteiger partial charge in [0.1, 0.15) is 4.88 Å². The van der Waals surface area contributed by atoms with Gasteiger partial charge in [0.05, 0.1) is 5.69 Å². The van der Waals surface area contributed by atoms with Crippen molar-refractivity contribution in [2.75, 3.05) is 12.3 Å². The summed E-state index contributed by atoms with van der Waals surface area (Å²) in [4.78, 5) is 12.6. The number of thiophene rings is 1. The van der Waals surface area contributed by atoms with Crippen LogP contribution in [0.2, 0.25) is 0 Å². The van der Waals surface area contributed by atoms with E-state index >= 15 is 0 Å². The highest BCUT2D eigenvalue weighted by Crippen LogP contribution is 2.33. The molecule has 1 aromatic carbocycles. The third kappa shape index (κ3) is 2.47. The molecule has 0 spiro atoms. The summed E-state index contributed by atoms with van der Waals surface area (Å²) in [5, 5.41) is 12.6. The molecule has 2 aromatic rings. The van der Waals surface area contributed by atoms with E-state index in [0.717, 1.165) is 10.1 Å². The van der Waals surface area contributed by atoms with Crippen molar-refractivity contribution in [3.8, 4) is 0 Å². The highest BCUT2D eigenvalue weighted by atomic mass is 32.1. The molecule has 18 heavy (non-hydrogen) atoms. The number of rotatable bonds is 4. The summed E-state index contributed by atoms with van der Waals surface area (Å²) in [5.74, 6) is -0.172. The largest absolute Gasteiger partial charge is 0.397 e. The van der Waals surface area contributed by atoms with Gasteiger partial charge in [0.25, 0.3) is 5.91 Å². The van der Waals surface area contributed by atoms with Crippen LogP contribution in [0.15, 0.2) is 24.3 Å². The molecule has 1 amide bonds. The van der Waals surface area contributed by atoms with E-state index < -0.39 is 0 Å². The quantitative estimate of drug-likeness (QED) is 0.790. The molecule has 0 saturated carbocycles. The Morgan fingerprint density at radius 3 is 2.89 bits per heavy atom. The number of benzene rings is 1. The molecule has 0 aliphatic heterocycles. The molecule has 1 aromatic heterocycles. The van der Waals surface area contributed by atoms with Crippen molar-refractivity contribution in [1.82, 2.24) is 5.32 Å². The lowest BCUT2D eigenvalue weighted by Gasteiger charge is -2.11. The Morgan fingerprint density at radius 2 is 2.22 bits per heavy atom. The minimum absolute atomic E-state index is 0.0589. The lowest BCUT2D eigenvalue weighted by Crippen LogP contribution is -2.33. The van der Waals surface area contributed by atoms with E-state index in [1.54, 1.807) is 0 Å². The molecule has 0 fully saturated rings. The van der Waals surface area contributed by atoms with Gasteiger partial charge in [-0.2, -0.15) is 0 Å². The monoisotopic (exact) mass is 264 g/mol. The number of nitrogens with one attached hydrogen (secondary N) is 1. The summed E-state index contributed by atoms with van der Waals surface area (Å²) in [7, 11) is 0. The molecule has 5 heteroatoms. The van der Waals surface area contributed by atoms with Crippen molar-refractivity contribution >= 4 is 33.0 Å². The SMILES string of the molecule is CC(CCO)NC(=O)c1sc2ccccc2c1N. The highest BCUT2D eigenvalue weighted by molar-refractivity contribution is 7.21. The predicted molar refractivity (Wildman–Crippen MR) is 74.9 cm³/mol. The van der Waals surface area contributed by atoms with E-state index in [4.69, 9.17) is 10.8 Å². The number of hydrogen-bond acceptors (Lipinski definition) is 4. The summed E-state index contributed by atoms with van der Waals surface area (Å²) < 4.78 is 1.01. The van der Waals surface area contributed by atoms with E-state index in [2.05, 4.69) is 5.32 Å². The standard InChI is InChI=1S/C13H16N2O2S/c1-8(6-7-16)15-13(17)12-11(14)9-4-2-3-5-10(9)18-12/h2-5,8,16H,6-7,14H2,1H3,(H,15,17). The first-order chi connectivity index (χ1) is 8.63. The third-order valence-corrected chi connectivity index (χ3v) is 3.97. The third-order valence-electron chi connectivity index (χ3n) is 2.78. The minimum atomic E-state index is -0.172. The van der Waals surface area contributed by atoms with E-state index in [-0.39, 0.29) is 18.6 Å². The van der Waals surface area contributed by atoms with E-state index in [1.165, 1.54) is 11.3 Å². The predicted octanol–water partition coefficient (Wildman–Crippen LogP) is 1.98. The average molecular weight is 264 g/mol. The van der Waals surface area contributed by atoms with Crippen LogP contribution in [0.25, 0.3) is 10.1 Å². The molecule has 4 N–H and O–H groups in total. The van der Waals surface area contributed by atoms with E-state index in [1.807, 2.05) is 31.2 Å². The second-order valence-electron chi connectivity index (χ2n) is 4.23. The first-order valence-electron chi connectivity index (χ1n) is 5.82. The zero-order chi connectivity index (χ0) is 13.1. The first-order valence-corrected chi connectivity index (χ1v) is 6.64. The summed E-state index contributed by atoms with van der Waals surface area (Å²) >= 11 is 1.39. The molecular formula is C13H16N2O2S. The van der Waals surface area contributed by atoms with Crippen LogP contribution >= 0.6 is 11.3 Å². The van der Waals surface area contributed by atoms with Crippen LogP contribution in [0, 0.1) is 0 Å². The number of fused-ring (bicyclic) bond motifs is 1. The summed E-state index contributed by atoms with van der Waals surface area (Å²) in [5.41, 5.74) is 6.52. The number of carbonyl (C=O) groups is 1. The Hall–Kier alpha value is -1.59. The van der Waals surface area contributed by atoms with Crippen LogP contribution in [0.1, 0.15) is 23.0 Å². The van der Waals surface area contributed by atoms with E-state index in [0.29, 0.717) is 17.0 Å². The van der Waals surface area contributed by atoms with Gasteiger partial charge in [-0.05, 0) is 19.4 Å². The fourth-order valence-electron chi connectivity index (χ4n) is 1.79. The lowest BCUT2D eigenvalue weighted by molar-refractivity contribution is 0.0939. The zero-order valence-corrected chi connectivity index (χ0v) is 11.0. The number of nitrogens with two attached hydrogens (primary N) is 1. The van der Waals surface area contributed by atoms with Gasteiger partial charge < -0.3 is 16.2 Å². The molecule has 4 nitrogen and oxygen atoms in total. The maximum Gasteiger partial charge on any atom is 0.263 e.